The normalized spacial score (nSPS) is 19.4. The number of hydrogen-bond acceptors (Lipinski definition) is 5. The predicted molar refractivity (Wildman–Crippen MR) is 182 cm³/mol. The lowest BCUT2D eigenvalue weighted by atomic mass is 9.83. The zero-order valence-electron chi connectivity index (χ0n) is 26.0. The van der Waals surface area contributed by atoms with E-state index in [1.165, 1.54) is 4.90 Å². The zero-order valence-corrected chi connectivity index (χ0v) is 26.7. The van der Waals surface area contributed by atoms with Crippen LogP contribution in [0, 0.1) is 5.92 Å². The van der Waals surface area contributed by atoms with Gasteiger partial charge in [0.15, 0.2) is 5.60 Å². The molecule has 6 rings (SSSR count). The predicted octanol–water partition coefficient (Wildman–Crippen LogP) is 5.85. The van der Waals surface area contributed by atoms with Gasteiger partial charge in [-0.2, -0.15) is 0 Å². The third kappa shape index (κ3) is 6.45. The highest BCUT2D eigenvalue weighted by Crippen LogP contribution is 2.46. The largest absolute Gasteiger partial charge is 0.394 e. The van der Waals surface area contributed by atoms with E-state index in [-0.39, 0.29) is 37.4 Å². The topological polar surface area (TPSA) is 110 Å². The third-order valence-corrected chi connectivity index (χ3v) is 9.29. The fraction of sp³-hybridized carbons (Fsp3) is 0.237. The Morgan fingerprint density at radius 1 is 1.00 bits per heavy atom. The van der Waals surface area contributed by atoms with Crippen LogP contribution in [0.1, 0.15) is 46.0 Å². The maximum Gasteiger partial charge on any atom is 0.264 e. The van der Waals surface area contributed by atoms with E-state index in [0.717, 1.165) is 16.7 Å². The van der Waals surface area contributed by atoms with Gasteiger partial charge in [-0.1, -0.05) is 85.3 Å². The summed E-state index contributed by atoms with van der Waals surface area (Å²) in [7, 11) is 0. The molecule has 3 amide bonds. The van der Waals surface area contributed by atoms with Crippen molar-refractivity contribution in [2.75, 3.05) is 16.8 Å². The SMILES string of the molecule is C[C@H](/C=C/CC(=O)N1Cc2ccccc2C[C@H]1CO)[C@@]1(O)C(=O)N(Cc2cccc(NC(=O)c3ccccc3)c2)c2ccc(Cl)cc21. The van der Waals surface area contributed by atoms with Crippen LogP contribution in [0.15, 0.2) is 109 Å². The Hall–Kier alpha value is -4.76. The number of benzene rings is 4. The number of nitrogens with one attached hydrogen (secondary N) is 1. The van der Waals surface area contributed by atoms with Crippen LogP contribution in [-0.4, -0.2) is 45.5 Å². The van der Waals surface area contributed by atoms with E-state index in [4.69, 9.17) is 11.6 Å². The highest BCUT2D eigenvalue weighted by atomic mass is 35.5. The fourth-order valence-corrected chi connectivity index (χ4v) is 6.64. The van der Waals surface area contributed by atoms with Crippen molar-refractivity contribution in [3.8, 4) is 0 Å². The molecule has 0 aromatic heterocycles. The lowest BCUT2D eigenvalue weighted by Gasteiger charge is -2.36. The number of anilines is 2. The molecule has 3 N–H and O–H groups in total. The van der Waals surface area contributed by atoms with Crippen LogP contribution in [-0.2, 0) is 34.7 Å². The summed E-state index contributed by atoms with van der Waals surface area (Å²) in [4.78, 5) is 43.3. The van der Waals surface area contributed by atoms with Gasteiger partial charge < -0.3 is 25.3 Å². The number of amides is 3. The Bertz CT molecular complexity index is 1840. The second-order valence-electron chi connectivity index (χ2n) is 12.1. The zero-order chi connectivity index (χ0) is 33.1. The van der Waals surface area contributed by atoms with Crippen molar-refractivity contribution in [2.24, 2.45) is 5.92 Å². The molecule has 0 fully saturated rings. The third-order valence-electron chi connectivity index (χ3n) is 9.06. The second kappa shape index (κ2) is 13.5. The first-order chi connectivity index (χ1) is 22.7. The van der Waals surface area contributed by atoms with Crippen LogP contribution in [0.2, 0.25) is 5.02 Å². The van der Waals surface area contributed by atoms with Gasteiger partial charge in [0, 0.05) is 40.7 Å². The summed E-state index contributed by atoms with van der Waals surface area (Å²) in [5, 5.41) is 25.3. The van der Waals surface area contributed by atoms with Crippen molar-refractivity contribution in [3.63, 3.8) is 0 Å². The fourth-order valence-electron chi connectivity index (χ4n) is 6.47. The molecule has 3 atom stereocenters. The van der Waals surface area contributed by atoms with Crippen LogP contribution < -0.4 is 10.2 Å². The van der Waals surface area contributed by atoms with E-state index in [1.807, 2.05) is 36.4 Å². The highest BCUT2D eigenvalue weighted by Gasteiger charge is 2.52. The van der Waals surface area contributed by atoms with Crippen molar-refractivity contribution in [1.29, 1.82) is 0 Å². The van der Waals surface area contributed by atoms with Gasteiger partial charge in [-0.05, 0) is 65.6 Å². The Kier molecular flexibility index (Phi) is 9.27. The molecule has 0 aliphatic carbocycles. The number of fused-ring (bicyclic) bond motifs is 2. The van der Waals surface area contributed by atoms with Gasteiger partial charge in [0.05, 0.1) is 24.9 Å². The van der Waals surface area contributed by atoms with Gasteiger partial charge in [-0.15, -0.1) is 0 Å². The molecule has 0 saturated heterocycles. The lowest BCUT2D eigenvalue weighted by Crippen LogP contribution is -2.46. The van der Waals surface area contributed by atoms with Crippen molar-refractivity contribution in [2.45, 2.75) is 44.5 Å². The van der Waals surface area contributed by atoms with Crippen LogP contribution >= 0.6 is 11.6 Å². The van der Waals surface area contributed by atoms with Gasteiger partial charge in [0.2, 0.25) is 5.91 Å². The average molecular weight is 650 g/mol. The molecule has 4 aromatic rings. The molecule has 240 valence electrons. The first kappa shape index (κ1) is 32.2. The molecule has 47 heavy (non-hydrogen) atoms. The molecule has 0 unspecified atom stereocenters. The van der Waals surface area contributed by atoms with Gasteiger partial charge in [-0.25, -0.2) is 0 Å². The van der Waals surface area contributed by atoms with Crippen molar-refractivity contribution in [1.82, 2.24) is 4.90 Å². The van der Waals surface area contributed by atoms with E-state index in [0.29, 0.717) is 40.5 Å². The average Bonchev–Trinajstić information content (AvgIpc) is 3.29. The highest BCUT2D eigenvalue weighted by molar-refractivity contribution is 6.31. The number of carbonyl (C=O) groups excluding carboxylic acids is 3. The van der Waals surface area contributed by atoms with Crippen LogP contribution in [0.5, 0.6) is 0 Å². The molecule has 0 bridgehead atoms. The maximum absolute atomic E-state index is 14.1. The van der Waals surface area contributed by atoms with Crippen molar-refractivity contribution in [3.05, 3.63) is 142 Å². The van der Waals surface area contributed by atoms with Crippen LogP contribution in [0.4, 0.5) is 11.4 Å². The molecule has 4 aromatic carbocycles. The quantitative estimate of drug-likeness (QED) is 0.197. The summed E-state index contributed by atoms with van der Waals surface area (Å²) in [6, 6.07) is 28.7. The minimum atomic E-state index is -1.92. The standard InChI is InChI=1S/C38H36ClN3O5/c1-25(9-7-16-35(44)41-23-29-14-6-5-13-28(29)20-32(41)24-43)38(47)33-21-30(39)17-18-34(33)42(37(38)46)22-26-10-8-15-31(19-26)40-36(45)27-11-3-2-4-12-27/h2-15,17-19,21,25,32,43,47H,16,20,22-24H2,1H3,(H,40,45)/b9-7+/t25-,32+,38+/m1/s1. The van der Waals surface area contributed by atoms with Gasteiger partial charge in [-0.3, -0.25) is 14.4 Å². The Balaban J connectivity index is 1.18. The molecule has 8 nitrogen and oxygen atoms in total. The van der Waals surface area contributed by atoms with Crippen molar-refractivity contribution < 1.29 is 24.6 Å². The number of aliphatic hydroxyl groups excluding tert-OH is 1. The first-order valence-corrected chi connectivity index (χ1v) is 16.0. The molecule has 2 heterocycles. The molecule has 2 aliphatic heterocycles. The van der Waals surface area contributed by atoms with E-state index >= 15 is 0 Å². The summed E-state index contributed by atoms with van der Waals surface area (Å²) in [6.07, 6.45) is 4.01. The molecule has 0 saturated carbocycles. The van der Waals surface area contributed by atoms with E-state index in [9.17, 15) is 24.6 Å². The number of nitrogens with zero attached hydrogens (tertiary/aromatic N) is 2. The molecular weight excluding hydrogens is 614 g/mol. The number of aliphatic hydroxyl groups is 2. The van der Waals surface area contributed by atoms with E-state index in [1.54, 1.807) is 84.6 Å². The number of rotatable bonds is 9. The molecule has 2 aliphatic rings. The number of halogens is 1. The molecule has 9 heteroatoms. The minimum Gasteiger partial charge on any atom is -0.394 e. The molecule has 0 radical (unpaired) electrons. The number of carbonyl (C=O) groups is 3. The van der Waals surface area contributed by atoms with Gasteiger partial charge >= 0.3 is 0 Å². The van der Waals surface area contributed by atoms with E-state index < -0.39 is 17.4 Å². The Morgan fingerprint density at radius 2 is 1.74 bits per heavy atom. The van der Waals surface area contributed by atoms with E-state index in [2.05, 4.69) is 5.32 Å². The summed E-state index contributed by atoms with van der Waals surface area (Å²) in [5.41, 5.74) is 3.06. The van der Waals surface area contributed by atoms with Crippen LogP contribution in [0.25, 0.3) is 0 Å². The lowest BCUT2D eigenvalue weighted by molar-refractivity contribution is -0.139. The Labute approximate surface area is 278 Å². The summed E-state index contributed by atoms with van der Waals surface area (Å²) >= 11 is 6.36. The maximum atomic E-state index is 14.1. The van der Waals surface area contributed by atoms with Gasteiger partial charge in [0.25, 0.3) is 11.8 Å². The van der Waals surface area contributed by atoms with Gasteiger partial charge in [0.1, 0.15) is 0 Å². The first-order valence-electron chi connectivity index (χ1n) is 15.6. The van der Waals surface area contributed by atoms with Crippen LogP contribution in [0.3, 0.4) is 0 Å². The second-order valence-corrected chi connectivity index (χ2v) is 12.5. The summed E-state index contributed by atoms with van der Waals surface area (Å²) in [6.45, 7) is 2.17. The minimum absolute atomic E-state index is 0.0564. The smallest absolute Gasteiger partial charge is 0.264 e. The monoisotopic (exact) mass is 649 g/mol. The van der Waals surface area contributed by atoms with Crippen molar-refractivity contribution >= 4 is 40.7 Å². The molecule has 0 spiro atoms. The summed E-state index contributed by atoms with van der Waals surface area (Å²) in [5.74, 6) is -1.59. The summed E-state index contributed by atoms with van der Waals surface area (Å²) < 4.78 is 0. The molecular formula is C38H36ClN3O5. The Morgan fingerprint density at radius 3 is 2.51 bits per heavy atom. The number of hydrogen-bond donors (Lipinski definition) is 3.